The molecule has 1 spiro atoms. The molecule has 0 radical (unpaired) electrons. The van der Waals surface area contributed by atoms with Crippen molar-refractivity contribution in [3.63, 3.8) is 0 Å². The zero-order chi connectivity index (χ0) is 12.3. The van der Waals surface area contributed by atoms with E-state index < -0.39 is 0 Å². The quantitative estimate of drug-likeness (QED) is 0.549. The van der Waals surface area contributed by atoms with Gasteiger partial charge in [0.25, 0.3) is 0 Å². The molecule has 0 bridgehead atoms. The van der Waals surface area contributed by atoms with Crippen molar-refractivity contribution < 1.29 is 0 Å². The van der Waals surface area contributed by atoms with Gasteiger partial charge in [0.15, 0.2) is 0 Å². The Hall–Kier alpha value is -1.63. The fraction of sp³-hybridized carbons (Fsp3) is 0.312. The van der Waals surface area contributed by atoms with Crippen LogP contribution in [0.5, 0.6) is 0 Å². The lowest BCUT2D eigenvalue weighted by Crippen LogP contribution is -2.07. The molecule has 0 aromatic heterocycles. The van der Waals surface area contributed by atoms with Crippen molar-refractivity contribution in [1.82, 2.24) is 0 Å². The van der Waals surface area contributed by atoms with E-state index in [1.165, 1.54) is 18.2 Å². The molecule has 2 unspecified atom stereocenters. The molecule has 2 atom stereocenters. The lowest BCUT2D eigenvalue weighted by atomic mass is 9.85. The van der Waals surface area contributed by atoms with Crippen molar-refractivity contribution in [2.75, 3.05) is 0 Å². The van der Waals surface area contributed by atoms with Crippen molar-refractivity contribution in [3.05, 3.63) is 59.8 Å². The Balaban J connectivity index is 2.37. The van der Waals surface area contributed by atoms with Crippen molar-refractivity contribution in [1.29, 1.82) is 5.41 Å². The van der Waals surface area contributed by atoms with Crippen LogP contribution in [0.3, 0.4) is 0 Å². The second kappa shape index (κ2) is 4.70. The molecule has 2 rings (SSSR count). The van der Waals surface area contributed by atoms with Crippen LogP contribution in [0.25, 0.3) is 0 Å². The first-order chi connectivity index (χ1) is 8.24. The first kappa shape index (κ1) is 11.8. The molecule has 1 heteroatoms. The second-order valence-corrected chi connectivity index (χ2v) is 4.76. The summed E-state index contributed by atoms with van der Waals surface area (Å²) in [5.41, 5.74) is 2.53. The predicted molar refractivity (Wildman–Crippen MR) is 74.3 cm³/mol. The lowest BCUT2D eigenvalue weighted by Gasteiger charge is -2.18. The highest BCUT2D eigenvalue weighted by molar-refractivity contribution is 5.83. The van der Waals surface area contributed by atoms with E-state index in [2.05, 4.69) is 31.2 Å². The molecule has 1 saturated carbocycles. The molecule has 1 nitrogen and oxygen atoms in total. The van der Waals surface area contributed by atoms with Gasteiger partial charge in [0, 0.05) is 11.6 Å². The third kappa shape index (κ3) is 2.10. The van der Waals surface area contributed by atoms with E-state index in [9.17, 15) is 0 Å². The molecule has 2 aliphatic carbocycles. The van der Waals surface area contributed by atoms with E-state index in [1.54, 1.807) is 0 Å². The third-order valence-electron chi connectivity index (χ3n) is 3.68. The Kier molecular flexibility index (Phi) is 3.28. The highest BCUT2D eigenvalue weighted by Crippen LogP contribution is 2.60. The molecule has 1 fully saturated rings. The Morgan fingerprint density at radius 2 is 2.18 bits per heavy atom. The maximum Gasteiger partial charge on any atom is 0.0253 e. The van der Waals surface area contributed by atoms with Crippen LogP contribution >= 0.6 is 0 Å². The summed E-state index contributed by atoms with van der Waals surface area (Å²) < 4.78 is 0. The van der Waals surface area contributed by atoms with Crippen molar-refractivity contribution in [2.24, 2.45) is 11.3 Å². The molecule has 0 heterocycles. The molecule has 88 valence electrons. The fourth-order valence-electron chi connectivity index (χ4n) is 2.53. The van der Waals surface area contributed by atoms with Gasteiger partial charge in [-0.2, -0.15) is 0 Å². The zero-order valence-electron chi connectivity index (χ0n) is 10.5. The summed E-state index contributed by atoms with van der Waals surface area (Å²) in [4.78, 5) is 0. The van der Waals surface area contributed by atoms with E-state index in [1.807, 2.05) is 31.2 Å². The first-order valence-electron chi connectivity index (χ1n) is 6.15. The number of hydrogen-bond acceptors (Lipinski definition) is 1. The maximum atomic E-state index is 7.59. The van der Waals surface area contributed by atoms with E-state index in [4.69, 9.17) is 5.41 Å². The monoisotopic (exact) mass is 225 g/mol. The molecular formula is C16H19N. The zero-order valence-corrected chi connectivity index (χ0v) is 10.5. The largest absolute Gasteiger partial charge is 0.308 e. The summed E-state index contributed by atoms with van der Waals surface area (Å²) >= 11 is 0. The van der Waals surface area contributed by atoms with Crippen molar-refractivity contribution in [2.45, 2.75) is 20.3 Å². The Bertz CT molecular complexity index is 460. The van der Waals surface area contributed by atoms with Gasteiger partial charge >= 0.3 is 0 Å². The third-order valence-corrected chi connectivity index (χ3v) is 3.68. The summed E-state index contributed by atoms with van der Waals surface area (Å²) in [6.07, 6.45) is 19.3. The molecular weight excluding hydrogens is 206 g/mol. The molecule has 2 aliphatic rings. The van der Waals surface area contributed by atoms with Crippen LogP contribution < -0.4 is 0 Å². The predicted octanol–water partition coefficient (Wildman–Crippen LogP) is 4.22. The minimum absolute atomic E-state index is 0.210. The van der Waals surface area contributed by atoms with E-state index in [-0.39, 0.29) is 5.41 Å². The minimum Gasteiger partial charge on any atom is -0.308 e. The van der Waals surface area contributed by atoms with Crippen LogP contribution in [0.4, 0.5) is 0 Å². The van der Waals surface area contributed by atoms with Gasteiger partial charge in [-0.1, -0.05) is 55.5 Å². The topological polar surface area (TPSA) is 23.9 Å². The van der Waals surface area contributed by atoms with Crippen LogP contribution in [0, 0.1) is 16.7 Å². The van der Waals surface area contributed by atoms with Crippen LogP contribution in [0.2, 0.25) is 0 Å². The van der Waals surface area contributed by atoms with Gasteiger partial charge in [0.2, 0.25) is 0 Å². The van der Waals surface area contributed by atoms with Gasteiger partial charge in [-0.15, -0.1) is 0 Å². The summed E-state index contributed by atoms with van der Waals surface area (Å²) in [5, 5.41) is 7.59. The Morgan fingerprint density at radius 1 is 1.41 bits per heavy atom. The molecule has 1 N–H and O–H groups in total. The first-order valence-corrected chi connectivity index (χ1v) is 6.15. The van der Waals surface area contributed by atoms with Gasteiger partial charge in [-0.25, -0.2) is 0 Å². The summed E-state index contributed by atoms with van der Waals surface area (Å²) in [7, 11) is 0. The van der Waals surface area contributed by atoms with Crippen LogP contribution in [0.1, 0.15) is 20.3 Å². The lowest BCUT2D eigenvalue weighted by molar-refractivity contribution is 0.707. The van der Waals surface area contributed by atoms with Gasteiger partial charge < -0.3 is 5.41 Å². The van der Waals surface area contributed by atoms with Gasteiger partial charge in [-0.05, 0) is 30.4 Å². The minimum atomic E-state index is 0.210. The summed E-state index contributed by atoms with van der Waals surface area (Å²) in [5.74, 6) is 0.698. The summed E-state index contributed by atoms with van der Waals surface area (Å²) in [6, 6.07) is 0. The normalized spacial score (nSPS) is 33.9. The van der Waals surface area contributed by atoms with Crippen LogP contribution in [-0.2, 0) is 0 Å². The molecule has 17 heavy (non-hydrogen) atoms. The van der Waals surface area contributed by atoms with E-state index in [0.29, 0.717) is 5.92 Å². The molecule has 0 amide bonds. The molecule has 0 aliphatic heterocycles. The highest BCUT2D eigenvalue weighted by atomic mass is 14.6. The fourth-order valence-corrected chi connectivity index (χ4v) is 2.53. The second-order valence-electron chi connectivity index (χ2n) is 4.76. The Morgan fingerprint density at radius 3 is 2.76 bits per heavy atom. The smallest absolute Gasteiger partial charge is 0.0253 e. The number of rotatable bonds is 3. The van der Waals surface area contributed by atoms with E-state index >= 15 is 0 Å². The van der Waals surface area contributed by atoms with Crippen LogP contribution in [-0.4, -0.2) is 6.21 Å². The summed E-state index contributed by atoms with van der Waals surface area (Å²) in [6.45, 7) is 4.27. The van der Waals surface area contributed by atoms with Crippen molar-refractivity contribution >= 4 is 6.21 Å². The number of nitrogens with one attached hydrogen (secondary N) is 1. The molecule has 0 aromatic rings. The molecule has 0 saturated heterocycles. The van der Waals surface area contributed by atoms with Crippen molar-refractivity contribution in [3.8, 4) is 0 Å². The maximum absolute atomic E-state index is 7.59. The SMILES string of the molecule is C\C=C/C=C\C(C=N)=C1/C=CC=CC12CC2C. The number of allylic oxidation sites excluding steroid dienone is 10. The highest BCUT2D eigenvalue weighted by Gasteiger charge is 2.51. The van der Waals surface area contributed by atoms with Gasteiger partial charge in [-0.3, -0.25) is 0 Å². The van der Waals surface area contributed by atoms with E-state index in [0.717, 1.165) is 5.57 Å². The van der Waals surface area contributed by atoms with Crippen LogP contribution in [0.15, 0.2) is 59.8 Å². The molecule has 0 aromatic carbocycles. The van der Waals surface area contributed by atoms with Gasteiger partial charge in [0.05, 0.1) is 0 Å². The Labute approximate surface area is 103 Å². The van der Waals surface area contributed by atoms with Gasteiger partial charge in [0.1, 0.15) is 0 Å². The standard InChI is InChI=1S/C16H19N/c1-3-4-5-8-14(12-17)15-9-6-7-10-16(15)11-13(16)2/h3-10,12-13,17H,11H2,1-2H3/b4-3-,8-5-,15-14-,17-12?. The average Bonchev–Trinajstić information content (AvgIpc) is 2.97. The average molecular weight is 225 g/mol. The number of hydrogen-bond donors (Lipinski definition) is 1.